The Morgan fingerprint density at radius 2 is 1.62 bits per heavy atom. The first kappa shape index (κ1) is 14.2. The topological polar surface area (TPSA) is 33.7 Å². The number of halogens is 1. The van der Waals surface area contributed by atoms with E-state index >= 15 is 0 Å². The smallest absolute Gasteiger partial charge is 0.207 e. The molecule has 0 radical (unpaired) electrons. The van der Waals surface area contributed by atoms with Crippen molar-refractivity contribution in [2.24, 2.45) is 7.05 Å². The molecule has 2 aromatic carbocycles. The summed E-state index contributed by atoms with van der Waals surface area (Å²) in [6.07, 6.45) is 2.03. The van der Waals surface area contributed by atoms with E-state index in [1.54, 1.807) is 11.8 Å². The zero-order valence-electron chi connectivity index (χ0n) is 11.4. The van der Waals surface area contributed by atoms with Crippen molar-refractivity contribution in [2.75, 3.05) is 0 Å². The lowest BCUT2D eigenvalue weighted by Gasteiger charge is -2.07. The molecule has 1 aliphatic rings. The van der Waals surface area contributed by atoms with Crippen LogP contribution in [0.2, 0.25) is 0 Å². The molecule has 3 nitrogen and oxygen atoms in total. The average Bonchev–Trinajstić information content (AvgIpc) is 2.68. The van der Waals surface area contributed by atoms with Crippen molar-refractivity contribution in [3.8, 4) is 16.9 Å². The Labute approximate surface area is 137 Å². The van der Waals surface area contributed by atoms with Crippen LogP contribution in [0.4, 0.5) is 0 Å². The predicted molar refractivity (Wildman–Crippen MR) is 90.5 cm³/mol. The van der Waals surface area contributed by atoms with Crippen molar-refractivity contribution in [1.82, 2.24) is 9.13 Å². The molecule has 0 aliphatic carbocycles. The van der Waals surface area contributed by atoms with Crippen LogP contribution in [0, 0.1) is 5.41 Å². The van der Waals surface area contributed by atoms with Gasteiger partial charge in [-0.1, -0.05) is 42.1 Å². The van der Waals surface area contributed by atoms with Crippen LogP contribution in [0.25, 0.3) is 16.9 Å². The second-order valence-corrected chi connectivity index (χ2v) is 5.93. The summed E-state index contributed by atoms with van der Waals surface area (Å²) in [5.74, 6) is 0. The fourth-order valence-electron chi connectivity index (χ4n) is 2.62. The molecule has 1 aromatic heterocycles. The number of para-hydroxylation sites is 1. The molecular formula is C16H14BrN3S. The molecule has 0 unspecified atom stereocenters. The van der Waals surface area contributed by atoms with Gasteiger partial charge in [-0.15, -0.1) is 17.0 Å². The maximum absolute atomic E-state index is 8.34. The Hall–Kier alpha value is -1.72. The van der Waals surface area contributed by atoms with Crippen LogP contribution in [-0.4, -0.2) is 9.13 Å². The third-order valence-electron chi connectivity index (χ3n) is 3.59. The molecule has 0 saturated heterocycles. The zero-order chi connectivity index (χ0) is 13.7. The van der Waals surface area contributed by atoms with E-state index in [0.29, 0.717) is 5.62 Å². The Kier molecular flexibility index (Phi) is 3.55. The van der Waals surface area contributed by atoms with E-state index in [9.17, 15) is 0 Å². The molecule has 0 atom stereocenters. The van der Waals surface area contributed by atoms with Crippen LogP contribution in [0.5, 0.6) is 0 Å². The Morgan fingerprint density at radius 1 is 0.952 bits per heavy atom. The van der Waals surface area contributed by atoms with Gasteiger partial charge >= 0.3 is 0 Å². The van der Waals surface area contributed by atoms with Gasteiger partial charge < -0.3 is 4.57 Å². The highest BCUT2D eigenvalue weighted by Gasteiger charge is 2.20. The van der Waals surface area contributed by atoms with Crippen molar-refractivity contribution in [3.63, 3.8) is 0 Å². The molecule has 0 amide bonds. The number of imidazole rings is 1. The number of nitrogens with one attached hydrogen (secondary N) is 1. The number of nitrogens with zero attached hydrogens (tertiary/aromatic N) is 2. The molecule has 5 heteroatoms. The van der Waals surface area contributed by atoms with Crippen LogP contribution in [0.3, 0.4) is 0 Å². The summed E-state index contributed by atoms with van der Waals surface area (Å²) in [5, 5.41) is 8.34. The predicted octanol–water partition coefficient (Wildman–Crippen LogP) is 4.00. The third kappa shape index (κ3) is 2.08. The lowest BCUT2D eigenvalue weighted by atomic mass is 10.1. The molecule has 1 N–H and O–H groups in total. The number of fused-ring (bicyclic) bond motifs is 5. The first-order valence-electron chi connectivity index (χ1n) is 6.45. The minimum absolute atomic E-state index is 0. The number of hydrogen-bond donors (Lipinski definition) is 1. The highest BCUT2D eigenvalue weighted by molar-refractivity contribution is 8.93. The third-order valence-corrected chi connectivity index (χ3v) is 4.73. The summed E-state index contributed by atoms with van der Waals surface area (Å²) in [4.78, 5) is 2.42. The van der Waals surface area contributed by atoms with Gasteiger partial charge in [-0.3, -0.25) is 9.98 Å². The van der Waals surface area contributed by atoms with E-state index < -0.39 is 0 Å². The number of benzene rings is 2. The fourth-order valence-corrected chi connectivity index (χ4v) is 3.70. The summed E-state index contributed by atoms with van der Waals surface area (Å²) in [7, 11) is 1.92. The van der Waals surface area contributed by atoms with Gasteiger partial charge in [-0.25, -0.2) is 0 Å². The molecule has 1 aliphatic heterocycles. The lowest BCUT2D eigenvalue weighted by Crippen LogP contribution is -2.21. The normalized spacial score (nSPS) is 11.7. The van der Waals surface area contributed by atoms with Gasteiger partial charge in [0.25, 0.3) is 0 Å². The number of rotatable bonds is 0. The summed E-state index contributed by atoms with van der Waals surface area (Å²) < 4.78 is 3.88. The zero-order valence-corrected chi connectivity index (χ0v) is 13.9. The second-order valence-electron chi connectivity index (χ2n) is 4.85. The summed E-state index contributed by atoms with van der Waals surface area (Å²) in [5.41, 5.74) is 3.83. The highest BCUT2D eigenvalue weighted by atomic mass is 79.9. The van der Waals surface area contributed by atoms with E-state index in [1.807, 2.05) is 34.5 Å². The van der Waals surface area contributed by atoms with E-state index in [2.05, 4.69) is 36.4 Å². The number of aryl methyl sites for hydroxylation is 1. The van der Waals surface area contributed by atoms with Crippen LogP contribution in [0.15, 0.2) is 64.5 Å². The van der Waals surface area contributed by atoms with E-state index in [-0.39, 0.29) is 17.0 Å². The van der Waals surface area contributed by atoms with Crippen molar-refractivity contribution >= 4 is 28.7 Å². The highest BCUT2D eigenvalue weighted by Crippen LogP contribution is 2.42. The minimum atomic E-state index is 0. The molecule has 3 aromatic rings. The van der Waals surface area contributed by atoms with Crippen LogP contribution in [-0.2, 0) is 7.05 Å². The van der Waals surface area contributed by atoms with Gasteiger partial charge in [0.15, 0.2) is 0 Å². The molecule has 0 saturated carbocycles. The molecule has 2 heterocycles. The standard InChI is InChI=1S/C16H13N3S.BrH/c1-18-10-13-11-6-2-4-8-14(11)20-15-9-5-3-7-12(15)19(13)16(18)17;/h2-10,17H,1H3;1H. The van der Waals surface area contributed by atoms with E-state index in [4.69, 9.17) is 5.41 Å². The number of aromatic nitrogens is 2. The molecule has 21 heavy (non-hydrogen) atoms. The molecular weight excluding hydrogens is 346 g/mol. The quantitative estimate of drug-likeness (QED) is 0.505. The van der Waals surface area contributed by atoms with Crippen molar-refractivity contribution < 1.29 is 0 Å². The van der Waals surface area contributed by atoms with Crippen molar-refractivity contribution in [2.45, 2.75) is 9.79 Å². The monoisotopic (exact) mass is 359 g/mol. The van der Waals surface area contributed by atoms with Crippen molar-refractivity contribution in [3.05, 3.63) is 60.3 Å². The van der Waals surface area contributed by atoms with Crippen molar-refractivity contribution in [1.29, 1.82) is 5.41 Å². The Bertz CT molecular complexity index is 879. The lowest BCUT2D eigenvalue weighted by molar-refractivity contribution is 0.766. The van der Waals surface area contributed by atoms with Gasteiger partial charge in [0, 0.05) is 28.6 Å². The molecule has 0 spiro atoms. The SMILES string of the molecule is Br.Cn1cc2n(c1=N)-c1ccccc1Sc1ccccc1-2. The fraction of sp³-hybridized carbons (Fsp3) is 0.0625. The van der Waals surface area contributed by atoms with Crippen LogP contribution in [0.1, 0.15) is 0 Å². The summed E-state index contributed by atoms with van der Waals surface area (Å²) >= 11 is 1.77. The molecule has 0 bridgehead atoms. The van der Waals surface area contributed by atoms with Gasteiger partial charge in [-0.2, -0.15) is 0 Å². The largest absolute Gasteiger partial charge is 0.320 e. The van der Waals surface area contributed by atoms with Crippen LogP contribution < -0.4 is 5.62 Å². The van der Waals surface area contributed by atoms with Gasteiger partial charge in [0.05, 0.1) is 11.4 Å². The molecule has 0 fully saturated rings. The first-order valence-corrected chi connectivity index (χ1v) is 7.27. The molecule has 106 valence electrons. The maximum Gasteiger partial charge on any atom is 0.207 e. The minimum Gasteiger partial charge on any atom is -0.320 e. The van der Waals surface area contributed by atoms with Crippen LogP contribution >= 0.6 is 28.7 Å². The summed E-state index contributed by atoms with van der Waals surface area (Å²) in [6, 6.07) is 16.7. The van der Waals surface area contributed by atoms with E-state index in [0.717, 1.165) is 11.4 Å². The van der Waals surface area contributed by atoms with Gasteiger partial charge in [-0.05, 0) is 18.2 Å². The Balaban J connectivity index is 0.00000132. The first-order chi connectivity index (χ1) is 9.75. The van der Waals surface area contributed by atoms with E-state index in [1.165, 1.54) is 15.4 Å². The Morgan fingerprint density at radius 3 is 2.43 bits per heavy atom. The average molecular weight is 360 g/mol. The van der Waals surface area contributed by atoms with Gasteiger partial charge in [0.2, 0.25) is 5.62 Å². The maximum atomic E-state index is 8.34. The van der Waals surface area contributed by atoms with Gasteiger partial charge in [0.1, 0.15) is 0 Å². The second kappa shape index (κ2) is 5.24. The molecule has 4 rings (SSSR count). The number of hydrogen-bond acceptors (Lipinski definition) is 2. The summed E-state index contributed by atoms with van der Waals surface area (Å²) in [6.45, 7) is 0.